The molecule has 0 aliphatic rings. The summed E-state index contributed by atoms with van der Waals surface area (Å²) in [6.45, 7) is 1.41. The molecule has 0 bridgehead atoms. The van der Waals surface area contributed by atoms with Gasteiger partial charge in [0.2, 0.25) is 0 Å². The minimum atomic E-state index is -1.57. The molecular formula is C6H10O4. The third-order valence-electron chi connectivity index (χ3n) is 0.955. The molecule has 2 atom stereocenters. The van der Waals surface area contributed by atoms with Gasteiger partial charge in [0.05, 0.1) is 6.10 Å². The number of Topliss-reactive ketones (excluding diaryl/α,β-unsaturated/α-hetero) is 1. The fourth-order valence-corrected chi connectivity index (χ4v) is 0.488. The maximum absolute atomic E-state index is 10.5. The molecule has 4 heteroatoms. The Morgan fingerprint density at radius 1 is 1.60 bits per heavy atom. The summed E-state index contributed by atoms with van der Waals surface area (Å²) >= 11 is 0. The lowest BCUT2D eigenvalue weighted by molar-refractivity contribution is -0.133. The summed E-state index contributed by atoms with van der Waals surface area (Å²) < 4.78 is 0. The number of hydrogen-bond donors (Lipinski definition) is 2. The van der Waals surface area contributed by atoms with Gasteiger partial charge in [0.15, 0.2) is 18.2 Å². The van der Waals surface area contributed by atoms with Gasteiger partial charge in [-0.05, 0) is 6.92 Å². The number of aliphatic hydroxyl groups is 2. The molecular weight excluding hydrogens is 136 g/mol. The predicted octanol–water partition coefficient (Wildman–Crippen LogP) is -1.11. The van der Waals surface area contributed by atoms with Crippen molar-refractivity contribution in [2.75, 3.05) is 0 Å². The third-order valence-corrected chi connectivity index (χ3v) is 0.955. The van der Waals surface area contributed by atoms with Gasteiger partial charge in [-0.2, -0.15) is 0 Å². The van der Waals surface area contributed by atoms with Crippen molar-refractivity contribution in [2.24, 2.45) is 0 Å². The molecule has 0 aliphatic carbocycles. The minimum absolute atomic E-state index is 0.144. The molecule has 0 aliphatic heterocycles. The Morgan fingerprint density at radius 2 is 2.10 bits per heavy atom. The van der Waals surface area contributed by atoms with Crippen LogP contribution in [0.2, 0.25) is 0 Å². The summed E-state index contributed by atoms with van der Waals surface area (Å²) in [6, 6.07) is 0. The molecule has 0 unspecified atom stereocenters. The zero-order valence-electron chi connectivity index (χ0n) is 5.65. The van der Waals surface area contributed by atoms with Gasteiger partial charge in [-0.3, -0.25) is 9.59 Å². The van der Waals surface area contributed by atoms with Crippen LogP contribution in [-0.4, -0.2) is 34.5 Å². The molecule has 0 saturated carbocycles. The monoisotopic (exact) mass is 146 g/mol. The second-order valence-electron chi connectivity index (χ2n) is 2.10. The summed E-state index contributed by atoms with van der Waals surface area (Å²) in [4.78, 5) is 20.3. The fourth-order valence-electron chi connectivity index (χ4n) is 0.488. The van der Waals surface area contributed by atoms with Crippen LogP contribution in [0.3, 0.4) is 0 Å². The molecule has 0 aromatic rings. The maximum Gasteiger partial charge on any atom is 0.171 e. The predicted molar refractivity (Wildman–Crippen MR) is 33.4 cm³/mol. The maximum atomic E-state index is 10.5. The first-order chi connectivity index (χ1) is 4.57. The molecule has 0 radical (unpaired) electrons. The smallest absolute Gasteiger partial charge is 0.171 e. The van der Waals surface area contributed by atoms with Gasteiger partial charge < -0.3 is 10.2 Å². The Hall–Kier alpha value is -0.740. The van der Waals surface area contributed by atoms with Crippen molar-refractivity contribution < 1.29 is 19.8 Å². The standard InChI is InChI=1S/C6H10O4/c1-4(8)2-5(9)6(10)3-7/h3-4,6,8,10H,2H2,1H3/t4-,6-/m1/s1. The minimum Gasteiger partial charge on any atom is -0.393 e. The van der Waals surface area contributed by atoms with Crippen LogP contribution in [0, 0.1) is 0 Å². The lowest BCUT2D eigenvalue weighted by atomic mass is 10.1. The normalized spacial score (nSPS) is 15.9. The molecule has 0 fully saturated rings. The van der Waals surface area contributed by atoms with Gasteiger partial charge in [-0.1, -0.05) is 0 Å². The van der Waals surface area contributed by atoms with E-state index in [1.54, 1.807) is 0 Å². The molecule has 2 N–H and O–H groups in total. The van der Waals surface area contributed by atoms with Crippen molar-refractivity contribution in [3.8, 4) is 0 Å². The fraction of sp³-hybridized carbons (Fsp3) is 0.667. The molecule has 0 amide bonds. The molecule has 0 rings (SSSR count). The Labute approximate surface area is 58.5 Å². The second kappa shape index (κ2) is 4.14. The van der Waals surface area contributed by atoms with E-state index < -0.39 is 18.0 Å². The molecule has 0 spiro atoms. The van der Waals surface area contributed by atoms with E-state index in [1.165, 1.54) is 6.92 Å². The highest BCUT2D eigenvalue weighted by Crippen LogP contribution is 1.93. The van der Waals surface area contributed by atoms with Gasteiger partial charge in [-0.15, -0.1) is 0 Å². The van der Waals surface area contributed by atoms with Gasteiger partial charge in [-0.25, -0.2) is 0 Å². The third kappa shape index (κ3) is 3.32. The zero-order valence-corrected chi connectivity index (χ0v) is 5.65. The van der Waals surface area contributed by atoms with Crippen molar-refractivity contribution >= 4 is 12.1 Å². The number of hydrogen-bond acceptors (Lipinski definition) is 4. The molecule has 0 saturated heterocycles. The average molecular weight is 146 g/mol. The van der Waals surface area contributed by atoms with E-state index in [2.05, 4.69) is 0 Å². The van der Waals surface area contributed by atoms with Crippen LogP contribution in [0.25, 0.3) is 0 Å². The number of carbonyl (C=O) groups is 2. The Balaban J connectivity index is 3.73. The molecule has 0 aromatic heterocycles. The Kier molecular flexibility index (Phi) is 3.83. The van der Waals surface area contributed by atoms with Crippen molar-refractivity contribution in [2.45, 2.75) is 25.6 Å². The van der Waals surface area contributed by atoms with Gasteiger partial charge in [0.1, 0.15) is 0 Å². The van der Waals surface area contributed by atoms with Crippen molar-refractivity contribution in [1.29, 1.82) is 0 Å². The first-order valence-corrected chi connectivity index (χ1v) is 2.92. The van der Waals surface area contributed by atoms with Gasteiger partial charge >= 0.3 is 0 Å². The number of aldehydes is 1. The zero-order chi connectivity index (χ0) is 8.15. The van der Waals surface area contributed by atoms with Crippen LogP contribution in [0.15, 0.2) is 0 Å². The first-order valence-electron chi connectivity index (χ1n) is 2.92. The lowest BCUT2D eigenvalue weighted by Gasteiger charge is -2.03. The van der Waals surface area contributed by atoms with E-state index in [9.17, 15) is 9.59 Å². The number of ketones is 1. The molecule has 0 aromatic carbocycles. The Morgan fingerprint density at radius 3 is 2.40 bits per heavy atom. The van der Waals surface area contributed by atoms with Crippen molar-refractivity contribution in [3.05, 3.63) is 0 Å². The summed E-state index contributed by atoms with van der Waals surface area (Å²) in [5, 5.41) is 17.2. The van der Waals surface area contributed by atoms with Crippen molar-refractivity contribution in [1.82, 2.24) is 0 Å². The van der Waals surface area contributed by atoms with Crippen LogP contribution in [0.1, 0.15) is 13.3 Å². The topological polar surface area (TPSA) is 74.6 Å². The molecule has 58 valence electrons. The molecule has 0 heterocycles. The molecule has 4 nitrogen and oxygen atoms in total. The molecule has 10 heavy (non-hydrogen) atoms. The van der Waals surface area contributed by atoms with Gasteiger partial charge in [0, 0.05) is 6.42 Å². The largest absolute Gasteiger partial charge is 0.393 e. The van der Waals surface area contributed by atoms with E-state index in [1.807, 2.05) is 0 Å². The van der Waals surface area contributed by atoms with E-state index in [0.29, 0.717) is 0 Å². The summed E-state index contributed by atoms with van der Waals surface area (Å²) in [5.74, 6) is -0.648. The van der Waals surface area contributed by atoms with E-state index in [4.69, 9.17) is 10.2 Å². The summed E-state index contributed by atoms with van der Waals surface area (Å²) in [5.41, 5.74) is 0. The summed E-state index contributed by atoms with van der Waals surface area (Å²) in [7, 11) is 0. The number of rotatable bonds is 4. The quantitative estimate of drug-likeness (QED) is 0.389. The Bertz CT molecular complexity index is 130. The highest BCUT2D eigenvalue weighted by Gasteiger charge is 2.14. The van der Waals surface area contributed by atoms with Crippen LogP contribution in [0.4, 0.5) is 0 Å². The van der Waals surface area contributed by atoms with E-state index in [0.717, 1.165) is 0 Å². The van der Waals surface area contributed by atoms with Crippen LogP contribution in [-0.2, 0) is 9.59 Å². The SMILES string of the molecule is C[C@@H](O)CC(=O)[C@H](O)C=O. The number of aliphatic hydroxyl groups excluding tert-OH is 2. The first kappa shape index (κ1) is 9.26. The average Bonchev–Trinajstić information content (AvgIpc) is 1.85. The van der Waals surface area contributed by atoms with E-state index in [-0.39, 0.29) is 12.7 Å². The second-order valence-corrected chi connectivity index (χ2v) is 2.10. The highest BCUT2D eigenvalue weighted by molar-refractivity contribution is 5.95. The van der Waals surface area contributed by atoms with Gasteiger partial charge in [0.25, 0.3) is 0 Å². The van der Waals surface area contributed by atoms with Crippen molar-refractivity contribution in [3.63, 3.8) is 0 Å². The highest BCUT2D eigenvalue weighted by atomic mass is 16.3. The van der Waals surface area contributed by atoms with Crippen LogP contribution in [0.5, 0.6) is 0 Å². The summed E-state index contributed by atoms with van der Waals surface area (Å²) in [6.07, 6.45) is -2.42. The van der Waals surface area contributed by atoms with Crippen LogP contribution < -0.4 is 0 Å². The lowest BCUT2D eigenvalue weighted by Crippen LogP contribution is -2.24. The van der Waals surface area contributed by atoms with Crippen LogP contribution >= 0.6 is 0 Å². The van der Waals surface area contributed by atoms with E-state index >= 15 is 0 Å². The number of carbonyl (C=O) groups excluding carboxylic acids is 2.